The molecule has 0 bridgehead atoms. The van der Waals surface area contributed by atoms with Crippen LogP contribution >= 0.6 is 0 Å². The molecule has 76 valence electrons. The number of hydrogen-bond acceptors (Lipinski definition) is 4. The van der Waals surface area contributed by atoms with Gasteiger partial charge in [-0.3, -0.25) is 9.59 Å². The lowest BCUT2D eigenvalue weighted by molar-refractivity contribution is -0.138. The molecule has 1 heterocycles. The van der Waals surface area contributed by atoms with E-state index < -0.39 is 17.9 Å². The van der Waals surface area contributed by atoms with Crippen LogP contribution in [0.25, 0.3) is 0 Å². The van der Waals surface area contributed by atoms with Crippen molar-refractivity contribution in [3.05, 3.63) is 17.5 Å². The Bertz CT molecular complexity index is 358. The molecule has 1 rings (SSSR count). The van der Waals surface area contributed by atoms with Gasteiger partial charge in [0, 0.05) is 6.07 Å². The molecule has 2 N–H and O–H groups in total. The van der Waals surface area contributed by atoms with Crippen LogP contribution in [0.1, 0.15) is 23.2 Å². The van der Waals surface area contributed by atoms with Crippen molar-refractivity contribution in [2.24, 2.45) is 0 Å². The number of aryl methyl sites for hydroxylation is 1. The van der Waals surface area contributed by atoms with Crippen LogP contribution in [0.5, 0.6) is 0 Å². The predicted molar refractivity (Wildman–Crippen MR) is 45.8 cm³/mol. The zero-order valence-corrected chi connectivity index (χ0v) is 7.77. The second-order valence-electron chi connectivity index (χ2n) is 2.86. The van der Waals surface area contributed by atoms with Gasteiger partial charge in [0.15, 0.2) is 5.69 Å². The summed E-state index contributed by atoms with van der Waals surface area (Å²) in [5.41, 5.74) is 0.0793. The van der Waals surface area contributed by atoms with Gasteiger partial charge >= 0.3 is 5.97 Å². The molecule has 1 aromatic rings. The lowest BCUT2D eigenvalue weighted by atomic mass is 10.3. The van der Waals surface area contributed by atoms with Gasteiger partial charge in [0.05, 0.1) is 0 Å². The largest absolute Gasteiger partial charge is 0.480 e. The minimum absolute atomic E-state index is 0.0793. The Hall–Kier alpha value is -1.85. The number of amides is 1. The average molecular weight is 198 g/mol. The smallest absolute Gasteiger partial charge is 0.325 e. The molecule has 0 aliphatic carbocycles. The highest BCUT2D eigenvalue weighted by Gasteiger charge is 2.17. The summed E-state index contributed by atoms with van der Waals surface area (Å²) in [6.45, 7) is 3.01. The van der Waals surface area contributed by atoms with Crippen LogP contribution in [-0.2, 0) is 4.79 Å². The molecule has 1 amide bonds. The summed E-state index contributed by atoms with van der Waals surface area (Å²) in [6, 6.07) is 0.490. The van der Waals surface area contributed by atoms with E-state index >= 15 is 0 Å². The van der Waals surface area contributed by atoms with Gasteiger partial charge in [-0.25, -0.2) is 0 Å². The summed E-state index contributed by atoms with van der Waals surface area (Å²) in [5.74, 6) is -1.16. The van der Waals surface area contributed by atoms with E-state index in [9.17, 15) is 9.59 Å². The summed E-state index contributed by atoms with van der Waals surface area (Å²) in [7, 11) is 0. The normalized spacial score (nSPS) is 12.1. The Morgan fingerprint density at radius 1 is 1.64 bits per heavy atom. The first-order chi connectivity index (χ1) is 6.50. The van der Waals surface area contributed by atoms with Crippen LogP contribution in [0.15, 0.2) is 10.6 Å². The van der Waals surface area contributed by atoms with Crippen LogP contribution in [0, 0.1) is 6.92 Å². The molecule has 1 atom stereocenters. The zero-order chi connectivity index (χ0) is 10.7. The van der Waals surface area contributed by atoms with Gasteiger partial charge in [-0.15, -0.1) is 0 Å². The summed E-state index contributed by atoms with van der Waals surface area (Å²) in [4.78, 5) is 21.7. The molecule has 0 unspecified atom stereocenters. The molecule has 0 radical (unpaired) electrons. The van der Waals surface area contributed by atoms with Crippen molar-refractivity contribution < 1.29 is 19.2 Å². The summed E-state index contributed by atoms with van der Waals surface area (Å²) < 4.78 is 4.67. The first-order valence-corrected chi connectivity index (χ1v) is 3.97. The molecule has 0 saturated heterocycles. The number of rotatable bonds is 3. The van der Waals surface area contributed by atoms with E-state index in [0.29, 0.717) is 5.76 Å². The van der Waals surface area contributed by atoms with Gasteiger partial charge in [-0.1, -0.05) is 5.16 Å². The maximum absolute atomic E-state index is 11.3. The highest BCUT2D eigenvalue weighted by Crippen LogP contribution is 2.01. The molecule has 0 aliphatic heterocycles. The number of carboxylic acids is 1. The number of carbonyl (C=O) groups is 2. The number of aromatic nitrogens is 1. The summed E-state index contributed by atoms with van der Waals surface area (Å²) in [5, 5.41) is 14.2. The topological polar surface area (TPSA) is 92.4 Å². The van der Waals surface area contributed by atoms with Gasteiger partial charge < -0.3 is 14.9 Å². The number of hydrogen-bond donors (Lipinski definition) is 2. The van der Waals surface area contributed by atoms with Crippen molar-refractivity contribution in [2.45, 2.75) is 19.9 Å². The number of aliphatic carboxylic acids is 1. The Morgan fingerprint density at radius 2 is 2.29 bits per heavy atom. The standard InChI is InChI=1S/C8H10N2O4/c1-4-3-6(10-14-4)7(11)9-5(2)8(12)13/h3,5H,1-2H3,(H,9,11)(H,12,13)/t5-/m1/s1. The van der Waals surface area contributed by atoms with Crippen molar-refractivity contribution in [1.82, 2.24) is 10.5 Å². The average Bonchev–Trinajstić information content (AvgIpc) is 2.51. The number of nitrogens with one attached hydrogen (secondary N) is 1. The second kappa shape index (κ2) is 3.91. The van der Waals surface area contributed by atoms with Crippen molar-refractivity contribution in [3.8, 4) is 0 Å². The third kappa shape index (κ3) is 2.32. The van der Waals surface area contributed by atoms with E-state index in [0.717, 1.165) is 0 Å². The lowest BCUT2D eigenvalue weighted by Crippen LogP contribution is -2.38. The van der Waals surface area contributed by atoms with Gasteiger partial charge in [0.25, 0.3) is 5.91 Å². The molecule has 0 aliphatic rings. The molecule has 0 spiro atoms. The number of carbonyl (C=O) groups excluding carboxylic acids is 1. The molecule has 1 aromatic heterocycles. The van der Waals surface area contributed by atoms with Gasteiger partial charge in [0.2, 0.25) is 0 Å². The highest BCUT2D eigenvalue weighted by atomic mass is 16.5. The van der Waals surface area contributed by atoms with Crippen molar-refractivity contribution >= 4 is 11.9 Å². The quantitative estimate of drug-likeness (QED) is 0.723. The Balaban J connectivity index is 2.63. The fourth-order valence-electron chi connectivity index (χ4n) is 0.806. The van der Waals surface area contributed by atoms with Crippen LogP contribution in [0.3, 0.4) is 0 Å². The monoisotopic (exact) mass is 198 g/mol. The van der Waals surface area contributed by atoms with E-state index in [4.69, 9.17) is 5.11 Å². The van der Waals surface area contributed by atoms with Crippen LogP contribution in [0.2, 0.25) is 0 Å². The molecule has 6 heteroatoms. The Kier molecular flexibility index (Phi) is 2.85. The van der Waals surface area contributed by atoms with Gasteiger partial charge in [-0.2, -0.15) is 0 Å². The third-order valence-electron chi connectivity index (χ3n) is 1.58. The van der Waals surface area contributed by atoms with Crippen LogP contribution in [-0.4, -0.2) is 28.2 Å². The van der Waals surface area contributed by atoms with Gasteiger partial charge in [-0.05, 0) is 13.8 Å². The maximum atomic E-state index is 11.3. The van der Waals surface area contributed by atoms with Crippen LogP contribution in [0.4, 0.5) is 0 Å². The highest BCUT2D eigenvalue weighted by molar-refractivity contribution is 5.94. The SMILES string of the molecule is Cc1cc(C(=O)N[C@H](C)C(=O)O)no1. The molecular weight excluding hydrogens is 188 g/mol. The first kappa shape index (κ1) is 10.2. The van der Waals surface area contributed by atoms with E-state index in [1.54, 1.807) is 6.92 Å². The first-order valence-electron chi connectivity index (χ1n) is 3.97. The minimum atomic E-state index is -1.10. The molecule has 0 fully saturated rings. The maximum Gasteiger partial charge on any atom is 0.325 e. The van der Waals surface area contributed by atoms with E-state index in [-0.39, 0.29) is 5.69 Å². The fraction of sp³-hybridized carbons (Fsp3) is 0.375. The van der Waals surface area contributed by atoms with Gasteiger partial charge in [0.1, 0.15) is 11.8 Å². The van der Waals surface area contributed by atoms with E-state index in [1.165, 1.54) is 13.0 Å². The number of nitrogens with zero attached hydrogens (tertiary/aromatic N) is 1. The van der Waals surface area contributed by atoms with Crippen molar-refractivity contribution in [3.63, 3.8) is 0 Å². The van der Waals surface area contributed by atoms with E-state index in [2.05, 4.69) is 15.0 Å². The second-order valence-corrected chi connectivity index (χ2v) is 2.86. The van der Waals surface area contributed by atoms with Crippen molar-refractivity contribution in [1.29, 1.82) is 0 Å². The fourth-order valence-corrected chi connectivity index (χ4v) is 0.806. The molecule has 0 saturated carbocycles. The van der Waals surface area contributed by atoms with Crippen molar-refractivity contribution in [2.75, 3.05) is 0 Å². The predicted octanol–water partition coefficient (Wildman–Crippen LogP) is 0.186. The number of carboxylic acid groups (broad SMARTS) is 1. The summed E-state index contributed by atoms with van der Waals surface area (Å²) in [6.07, 6.45) is 0. The summed E-state index contributed by atoms with van der Waals surface area (Å²) >= 11 is 0. The third-order valence-corrected chi connectivity index (χ3v) is 1.58. The zero-order valence-electron chi connectivity index (χ0n) is 7.77. The minimum Gasteiger partial charge on any atom is -0.480 e. The van der Waals surface area contributed by atoms with Crippen LogP contribution < -0.4 is 5.32 Å². The molecule has 6 nitrogen and oxygen atoms in total. The Labute approximate surface area is 79.9 Å². The molecule has 0 aromatic carbocycles. The molecule has 14 heavy (non-hydrogen) atoms. The lowest BCUT2D eigenvalue weighted by Gasteiger charge is -2.06. The molecular formula is C8H10N2O4. The Morgan fingerprint density at radius 3 is 2.71 bits per heavy atom. The van der Waals surface area contributed by atoms with E-state index in [1.807, 2.05) is 0 Å².